The molecule has 0 aromatic heterocycles. The van der Waals surface area contributed by atoms with Gasteiger partial charge in [0, 0.05) is 0 Å². The Balaban J connectivity index is 3.59. The lowest BCUT2D eigenvalue weighted by Gasteiger charge is -2.15. The number of hydrogen-bond acceptors (Lipinski definition) is 0. The lowest BCUT2D eigenvalue weighted by molar-refractivity contribution is 0.370. The fourth-order valence-electron chi connectivity index (χ4n) is 1.44. The van der Waals surface area contributed by atoms with Crippen LogP contribution in [0.3, 0.4) is 0 Å². The Kier molecular flexibility index (Phi) is 7.61. The minimum atomic E-state index is 0.686. The monoisotopic (exact) mass is 194 g/mol. The van der Waals surface area contributed by atoms with Crippen molar-refractivity contribution >= 4 is 0 Å². The van der Waals surface area contributed by atoms with Gasteiger partial charge in [-0.15, -0.1) is 5.73 Å². The third-order valence-corrected chi connectivity index (χ3v) is 3.00. The van der Waals surface area contributed by atoms with Crippen LogP contribution in [0.1, 0.15) is 53.9 Å². The zero-order valence-corrected chi connectivity index (χ0v) is 10.5. The Morgan fingerprint density at radius 3 is 2.21 bits per heavy atom. The summed E-state index contributed by atoms with van der Waals surface area (Å²) >= 11 is 0. The predicted molar refractivity (Wildman–Crippen MR) is 65.3 cm³/mol. The predicted octanol–water partition coefficient (Wildman–Crippen LogP) is 4.82. The zero-order valence-electron chi connectivity index (χ0n) is 10.5. The van der Waals surface area contributed by atoms with Gasteiger partial charge in [0.2, 0.25) is 0 Å². The molecule has 0 aromatic rings. The summed E-state index contributed by atoms with van der Waals surface area (Å²) in [6, 6.07) is 0. The first kappa shape index (κ1) is 13.5. The normalized spacial score (nSPS) is 14.7. The Morgan fingerprint density at radius 2 is 1.71 bits per heavy atom. The molecule has 0 bridgehead atoms. The maximum absolute atomic E-state index is 3.16. The van der Waals surface area contributed by atoms with Gasteiger partial charge < -0.3 is 0 Å². The molecule has 2 atom stereocenters. The van der Waals surface area contributed by atoms with Gasteiger partial charge in [-0.3, -0.25) is 0 Å². The third kappa shape index (κ3) is 6.97. The van der Waals surface area contributed by atoms with E-state index < -0.39 is 0 Å². The van der Waals surface area contributed by atoms with Crippen molar-refractivity contribution in [1.29, 1.82) is 0 Å². The fraction of sp³-hybridized carbons (Fsp3) is 0.786. The molecule has 0 N–H and O–H groups in total. The highest BCUT2D eigenvalue weighted by Crippen LogP contribution is 2.19. The van der Waals surface area contributed by atoms with E-state index in [1.54, 1.807) is 0 Å². The van der Waals surface area contributed by atoms with E-state index in [0.29, 0.717) is 5.92 Å². The summed E-state index contributed by atoms with van der Waals surface area (Å²) < 4.78 is 0. The van der Waals surface area contributed by atoms with Crippen LogP contribution in [-0.2, 0) is 0 Å². The summed E-state index contributed by atoms with van der Waals surface area (Å²) in [6.45, 7) is 11.3. The van der Waals surface area contributed by atoms with Crippen molar-refractivity contribution < 1.29 is 0 Å². The van der Waals surface area contributed by atoms with Crippen molar-refractivity contribution in [2.45, 2.75) is 53.9 Å². The van der Waals surface area contributed by atoms with E-state index in [2.05, 4.69) is 39.5 Å². The molecular formula is C14H26. The molecule has 0 spiro atoms. The van der Waals surface area contributed by atoms with Crippen molar-refractivity contribution in [3.8, 4) is 0 Å². The average Bonchev–Trinajstić information content (AvgIpc) is 2.14. The van der Waals surface area contributed by atoms with Crippen molar-refractivity contribution in [1.82, 2.24) is 0 Å². The van der Waals surface area contributed by atoms with Crippen molar-refractivity contribution in [2.24, 2.45) is 17.8 Å². The molecule has 14 heavy (non-hydrogen) atoms. The third-order valence-electron chi connectivity index (χ3n) is 3.00. The van der Waals surface area contributed by atoms with Gasteiger partial charge in [-0.25, -0.2) is 0 Å². The van der Waals surface area contributed by atoms with Gasteiger partial charge in [0.05, 0.1) is 0 Å². The Labute approximate surface area is 90.1 Å². The average molecular weight is 194 g/mol. The van der Waals surface area contributed by atoms with E-state index in [-0.39, 0.29) is 0 Å². The lowest BCUT2D eigenvalue weighted by Crippen LogP contribution is -2.04. The van der Waals surface area contributed by atoms with Gasteiger partial charge in [0.25, 0.3) is 0 Å². The molecule has 0 aliphatic carbocycles. The van der Waals surface area contributed by atoms with Gasteiger partial charge in [0.1, 0.15) is 0 Å². The van der Waals surface area contributed by atoms with Crippen LogP contribution in [0.2, 0.25) is 0 Å². The van der Waals surface area contributed by atoms with Crippen LogP contribution in [0.15, 0.2) is 17.9 Å². The standard InChI is InChI=1S/C14H26/c1-6-7-9-13(4)10-8-11-14(5)12(2)3/h6,9,12-14H,8,10-11H2,1-5H3. The number of hydrogen-bond donors (Lipinski definition) is 0. The molecule has 0 heteroatoms. The molecule has 0 nitrogen and oxygen atoms in total. The van der Waals surface area contributed by atoms with Crippen LogP contribution < -0.4 is 0 Å². The zero-order chi connectivity index (χ0) is 11.0. The SMILES string of the molecule is CC=C=CC(C)CCCC(C)C(C)C. The van der Waals surface area contributed by atoms with Crippen molar-refractivity contribution in [2.75, 3.05) is 0 Å². The molecule has 0 rings (SSSR count). The second-order valence-corrected chi connectivity index (χ2v) is 4.75. The topological polar surface area (TPSA) is 0 Å². The Hall–Kier alpha value is -0.480. The molecule has 0 radical (unpaired) electrons. The van der Waals surface area contributed by atoms with Crippen molar-refractivity contribution in [3.63, 3.8) is 0 Å². The molecule has 0 amide bonds. The molecular weight excluding hydrogens is 168 g/mol. The molecule has 0 aromatic carbocycles. The number of rotatable bonds is 6. The highest BCUT2D eigenvalue weighted by atomic mass is 14.1. The first-order chi connectivity index (χ1) is 6.57. The summed E-state index contributed by atoms with van der Waals surface area (Å²) in [7, 11) is 0. The minimum absolute atomic E-state index is 0.686. The number of allylic oxidation sites excluding steroid dienone is 1. The van der Waals surface area contributed by atoms with Crippen LogP contribution in [0, 0.1) is 17.8 Å². The van der Waals surface area contributed by atoms with Crippen LogP contribution in [-0.4, -0.2) is 0 Å². The van der Waals surface area contributed by atoms with E-state index in [0.717, 1.165) is 11.8 Å². The minimum Gasteiger partial charge on any atom is -0.130 e. The summed E-state index contributed by atoms with van der Waals surface area (Å²) in [5.74, 6) is 2.38. The second-order valence-electron chi connectivity index (χ2n) is 4.75. The molecule has 0 saturated carbocycles. The van der Waals surface area contributed by atoms with E-state index in [4.69, 9.17) is 0 Å². The summed E-state index contributed by atoms with van der Waals surface area (Å²) in [5, 5.41) is 0. The Morgan fingerprint density at radius 1 is 1.07 bits per heavy atom. The molecule has 0 aliphatic heterocycles. The van der Waals surface area contributed by atoms with Gasteiger partial charge in [-0.2, -0.15) is 0 Å². The maximum atomic E-state index is 3.16. The lowest BCUT2D eigenvalue weighted by atomic mass is 9.91. The summed E-state index contributed by atoms with van der Waals surface area (Å²) in [5.41, 5.74) is 3.16. The van der Waals surface area contributed by atoms with Gasteiger partial charge in [-0.05, 0) is 43.3 Å². The highest BCUT2D eigenvalue weighted by Gasteiger charge is 2.06. The van der Waals surface area contributed by atoms with Crippen LogP contribution >= 0.6 is 0 Å². The summed E-state index contributed by atoms with van der Waals surface area (Å²) in [4.78, 5) is 0. The van der Waals surface area contributed by atoms with Crippen LogP contribution in [0.5, 0.6) is 0 Å². The molecule has 2 unspecified atom stereocenters. The molecule has 0 saturated heterocycles. The second kappa shape index (κ2) is 7.88. The quantitative estimate of drug-likeness (QED) is 0.532. The van der Waals surface area contributed by atoms with Crippen LogP contribution in [0.4, 0.5) is 0 Å². The first-order valence-electron chi connectivity index (χ1n) is 5.95. The van der Waals surface area contributed by atoms with E-state index in [9.17, 15) is 0 Å². The van der Waals surface area contributed by atoms with Crippen molar-refractivity contribution in [3.05, 3.63) is 17.9 Å². The smallest absolute Gasteiger partial charge is 0.0186 e. The van der Waals surface area contributed by atoms with Gasteiger partial charge >= 0.3 is 0 Å². The molecule has 0 heterocycles. The van der Waals surface area contributed by atoms with Crippen LogP contribution in [0.25, 0.3) is 0 Å². The fourth-order valence-corrected chi connectivity index (χ4v) is 1.44. The van der Waals surface area contributed by atoms with E-state index in [1.165, 1.54) is 19.3 Å². The Bertz CT molecular complexity index is 182. The first-order valence-corrected chi connectivity index (χ1v) is 5.95. The largest absolute Gasteiger partial charge is 0.130 e. The summed E-state index contributed by atoms with van der Waals surface area (Å²) in [6.07, 6.45) is 8.18. The highest BCUT2D eigenvalue weighted by molar-refractivity contribution is 4.85. The maximum Gasteiger partial charge on any atom is -0.0186 e. The van der Waals surface area contributed by atoms with E-state index >= 15 is 0 Å². The van der Waals surface area contributed by atoms with Gasteiger partial charge in [0.15, 0.2) is 0 Å². The van der Waals surface area contributed by atoms with E-state index in [1.807, 2.05) is 13.0 Å². The molecule has 0 aliphatic rings. The molecule has 0 fully saturated rings. The van der Waals surface area contributed by atoms with Gasteiger partial charge in [-0.1, -0.05) is 40.5 Å². The molecule has 82 valence electrons.